The van der Waals surface area contributed by atoms with Crippen LogP contribution in [0, 0.1) is 5.92 Å². The minimum absolute atomic E-state index is 0.0280. The molecule has 6 rings (SSSR count). The zero-order chi connectivity index (χ0) is 25.7. The van der Waals surface area contributed by atoms with Crippen molar-refractivity contribution in [2.45, 2.75) is 36.9 Å². The van der Waals surface area contributed by atoms with E-state index in [1.165, 1.54) is 0 Å². The van der Waals surface area contributed by atoms with Gasteiger partial charge < -0.3 is 14.6 Å². The first-order valence-electron chi connectivity index (χ1n) is 12.8. The standard InChI is InChI=1S/C32H31NO4/c1-32(37-3)26-18-24(20-14-16-23(36-2)17-15-20)28(32)30(34)29-25(26)19-27(21-10-6-4-7-11-21)33(29)31(35)22-12-8-5-9-13-22/h4-17,19,24,26,28,30,34H,18H2,1-3H3/t24-,26-,28-,30-,32+/m1/s1. The van der Waals surface area contributed by atoms with Crippen molar-refractivity contribution in [1.82, 2.24) is 4.57 Å². The van der Waals surface area contributed by atoms with Crippen LogP contribution < -0.4 is 4.74 Å². The van der Waals surface area contributed by atoms with Crippen LogP contribution in [0.5, 0.6) is 5.75 Å². The van der Waals surface area contributed by atoms with Gasteiger partial charge in [0.1, 0.15) is 11.9 Å². The molecule has 0 aliphatic heterocycles. The Hall–Kier alpha value is -3.67. The summed E-state index contributed by atoms with van der Waals surface area (Å²) in [4.78, 5) is 14.0. The molecule has 2 aliphatic carbocycles. The van der Waals surface area contributed by atoms with Crippen LogP contribution in [0.2, 0.25) is 0 Å². The van der Waals surface area contributed by atoms with Crippen LogP contribution in [0.3, 0.4) is 0 Å². The van der Waals surface area contributed by atoms with Crippen molar-refractivity contribution in [2.24, 2.45) is 5.92 Å². The first-order valence-corrected chi connectivity index (χ1v) is 12.8. The summed E-state index contributed by atoms with van der Waals surface area (Å²) in [7, 11) is 3.39. The number of hydrogen-bond donors (Lipinski definition) is 1. The summed E-state index contributed by atoms with van der Waals surface area (Å²) in [6.07, 6.45) is -0.0562. The predicted octanol–water partition coefficient (Wildman–Crippen LogP) is 6.19. The quantitative estimate of drug-likeness (QED) is 0.360. The van der Waals surface area contributed by atoms with Crippen LogP contribution in [-0.2, 0) is 4.74 Å². The first-order chi connectivity index (χ1) is 18.0. The summed E-state index contributed by atoms with van der Waals surface area (Å²) in [5.41, 5.74) is 4.57. The molecule has 5 atom stereocenters. The van der Waals surface area contributed by atoms with Gasteiger partial charge >= 0.3 is 0 Å². The van der Waals surface area contributed by atoms with Crippen molar-refractivity contribution < 1.29 is 19.4 Å². The van der Waals surface area contributed by atoms with Crippen molar-refractivity contribution in [3.8, 4) is 17.0 Å². The summed E-state index contributed by atoms with van der Waals surface area (Å²) in [5, 5.41) is 12.1. The van der Waals surface area contributed by atoms with Gasteiger partial charge in [0.15, 0.2) is 0 Å². The lowest BCUT2D eigenvalue weighted by atomic mass is 9.71. The third kappa shape index (κ3) is 3.57. The molecule has 5 nitrogen and oxygen atoms in total. The van der Waals surface area contributed by atoms with Gasteiger partial charge in [0.2, 0.25) is 0 Å². The maximum atomic E-state index is 14.0. The fraction of sp³-hybridized carbons (Fsp3) is 0.281. The van der Waals surface area contributed by atoms with Crippen molar-refractivity contribution in [3.63, 3.8) is 0 Å². The van der Waals surface area contributed by atoms with Gasteiger partial charge in [-0.15, -0.1) is 0 Å². The monoisotopic (exact) mass is 493 g/mol. The SMILES string of the molecule is COc1ccc([C@H]2C[C@@H]3c4cc(-c5ccccc5)n(C(=O)c5ccccc5)c4[C@H](O)[C@@H]2[C@@]3(C)OC)cc1. The molecule has 1 aromatic heterocycles. The lowest BCUT2D eigenvalue weighted by molar-refractivity contribution is -0.0937. The van der Waals surface area contributed by atoms with Gasteiger partial charge in [-0.2, -0.15) is 0 Å². The zero-order valence-electron chi connectivity index (χ0n) is 21.3. The van der Waals surface area contributed by atoms with Crippen molar-refractivity contribution >= 4 is 5.91 Å². The van der Waals surface area contributed by atoms with E-state index >= 15 is 0 Å². The van der Waals surface area contributed by atoms with Crippen LogP contribution in [0.15, 0.2) is 91.0 Å². The van der Waals surface area contributed by atoms with Crippen molar-refractivity contribution in [3.05, 3.63) is 113 Å². The number of ether oxygens (including phenoxy) is 2. The molecule has 4 aromatic rings. The van der Waals surface area contributed by atoms with Gasteiger partial charge in [-0.25, -0.2) is 0 Å². The lowest BCUT2D eigenvalue weighted by Gasteiger charge is -2.43. The number of carbonyl (C=O) groups excluding carboxylic acids is 1. The molecule has 1 heterocycles. The van der Waals surface area contributed by atoms with E-state index < -0.39 is 11.7 Å². The lowest BCUT2D eigenvalue weighted by Crippen LogP contribution is -2.45. The van der Waals surface area contributed by atoms with E-state index in [4.69, 9.17) is 9.47 Å². The second-order valence-electron chi connectivity index (χ2n) is 10.3. The number of nitrogens with zero attached hydrogens (tertiary/aromatic N) is 1. The van der Waals surface area contributed by atoms with E-state index in [2.05, 4.69) is 25.1 Å². The van der Waals surface area contributed by atoms with Crippen LogP contribution in [0.25, 0.3) is 11.3 Å². The Kier molecular flexibility index (Phi) is 5.78. The molecule has 1 fully saturated rings. The molecule has 2 bridgehead atoms. The molecule has 1 N–H and O–H groups in total. The molecule has 0 unspecified atom stereocenters. The van der Waals surface area contributed by atoms with E-state index in [1.54, 1.807) is 18.8 Å². The maximum Gasteiger partial charge on any atom is 0.262 e. The smallest absolute Gasteiger partial charge is 0.262 e. The van der Waals surface area contributed by atoms with E-state index in [9.17, 15) is 9.90 Å². The molecule has 1 saturated carbocycles. The summed E-state index contributed by atoms with van der Waals surface area (Å²) in [6, 6.07) is 29.4. The molecule has 0 spiro atoms. The molecule has 0 saturated heterocycles. The van der Waals surface area contributed by atoms with Gasteiger partial charge in [-0.1, -0.05) is 60.7 Å². The Morgan fingerprint density at radius 2 is 1.59 bits per heavy atom. The molecule has 3 aromatic carbocycles. The maximum absolute atomic E-state index is 14.0. The highest BCUT2D eigenvalue weighted by Crippen LogP contribution is 2.64. The van der Waals surface area contributed by atoms with E-state index in [-0.39, 0.29) is 23.7 Å². The number of methoxy groups -OCH3 is 2. The highest BCUT2D eigenvalue weighted by molar-refractivity contribution is 5.99. The first kappa shape index (κ1) is 23.7. The molecule has 5 heteroatoms. The van der Waals surface area contributed by atoms with Gasteiger partial charge in [-0.05, 0) is 66.3 Å². The second-order valence-corrected chi connectivity index (χ2v) is 10.3. The summed E-state index contributed by atoms with van der Waals surface area (Å²) in [6.45, 7) is 2.11. The van der Waals surface area contributed by atoms with Crippen LogP contribution in [0.4, 0.5) is 0 Å². The number of aliphatic hydroxyl groups excluding tert-OH is 1. The van der Waals surface area contributed by atoms with Crippen LogP contribution in [-0.4, -0.2) is 35.4 Å². The number of aliphatic hydroxyl groups is 1. The number of fused-ring (bicyclic) bond motifs is 4. The van der Waals surface area contributed by atoms with E-state index in [1.807, 2.05) is 72.8 Å². The molecule has 0 radical (unpaired) electrons. The summed E-state index contributed by atoms with van der Waals surface area (Å²) in [5.74, 6) is 0.546. The number of aromatic nitrogens is 1. The topological polar surface area (TPSA) is 60.7 Å². The third-order valence-electron chi connectivity index (χ3n) is 8.62. The number of carbonyl (C=O) groups is 1. The molecule has 37 heavy (non-hydrogen) atoms. The molecule has 2 aliphatic rings. The molecule has 188 valence electrons. The molecular formula is C32H31NO4. The van der Waals surface area contributed by atoms with Crippen molar-refractivity contribution in [2.75, 3.05) is 14.2 Å². The highest BCUT2D eigenvalue weighted by atomic mass is 16.5. The summed E-state index contributed by atoms with van der Waals surface area (Å²) >= 11 is 0. The van der Waals surface area contributed by atoms with E-state index in [0.717, 1.165) is 34.6 Å². The van der Waals surface area contributed by atoms with Gasteiger partial charge in [0.25, 0.3) is 5.91 Å². The van der Waals surface area contributed by atoms with Gasteiger partial charge in [0, 0.05) is 24.5 Å². The Bertz CT molecular complexity index is 1430. The Labute approximate surface area is 217 Å². The van der Waals surface area contributed by atoms with Crippen LogP contribution in [0.1, 0.15) is 58.5 Å². The normalized spacial score (nSPS) is 26.1. The fourth-order valence-electron chi connectivity index (χ4n) is 6.76. The summed E-state index contributed by atoms with van der Waals surface area (Å²) < 4.78 is 13.3. The number of hydrogen-bond acceptors (Lipinski definition) is 4. The van der Waals surface area contributed by atoms with Crippen molar-refractivity contribution in [1.29, 1.82) is 0 Å². The third-order valence-corrected chi connectivity index (χ3v) is 8.62. The van der Waals surface area contributed by atoms with Gasteiger partial charge in [0.05, 0.1) is 24.1 Å². The Morgan fingerprint density at radius 3 is 2.22 bits per heavy atom. The zero-order valence-corrected chi connectivity index (χ0v) is 21.3. The minimum atomic E-state index is -0.879. The predicted molar refractivity (Wildman–Crippen MR) is 143 cm³/mol. The Balaban J connectivity index is 1.54. The van der Waals surface area contributed by atoms with E-state index in [0.29, 0.717) is 11.3 Å². The Morgan fingerprint density at radius 1 is 0.946 bits per heavy atom. The number of benzene rings is 3. The van der Waals surface area contributed by atoms with Gasteiger partial charge in [-0.3, -0.25) is 9.36 Å². The average Bonchev–Trinajstić information content (AvgIpc) is 3.46. The minimum Gasteiger partial charge on any atom is -0.497 e. The molecular weight excluding hydrogens is 462 g/mol. The number of rotatable bonds is 5. The average molecular weight is 494 g/mol. The highest BCUT2D eigenvalue weighted by Gasteiger charge is 2.61. The van der Waals surface area contributed by atoms with Crippen LogP contribution >= 0.6 is 0 Å². The fourth-order valence-corrected chi connectivity index (χ4v) is 6.76. The second kappa shape index (κ2) is 9.02. The largest absolute Gasteiger partial charge is 0.497 e. The molecule has 0 amide bonds.